The zero-order valence-corrected chi connectivity index (χ0v) is 10.7. The first-order valence-electron chi connectivity index (χ1n) is 6.71. The molecule has 2 aliphatic rings. The van der Waals surface area contributed by atoms with E-state index in [-0.39, 0.29) is 24.3 Å². The minimum atomic E-state index is -0.219. The second-order valence-electron chi connectivity index (χ2n) is 5.37. The summed E-state index contributed by atoms with van der Waals surface area (Å²) in [4.78, 5) is 25.7. The number of rotatable bonds is 6. The predicted octanol–water partition coefficient (Wildman–Crippen LogP) is 1.26. The third-order valence-electron chi connectivity index (χ3n) is 3.45. The van der Waals surface area contributed by atoms with Crippen molar-refractivity contribution in [2.45, 2.75) is 25.7 Å². The van der Waals surface area contributed by atoms with Crippen LogP contribution in [0.1, 0.15) is 25.7 Å². The molecule has 102 valence electrons. The van der Waals surface area contributed by atoms with Crippen molar-refractivity contribution < 1.29 is 14.1 Å². The molecule has 19 heavy (non-hydrogen) atoms. The van der Waals surface area contributed by atoms with E-state index in [0.717, 1.165) is 12.8 Å². The van der Waals surface area contributed by atoms with Gasteiger partial charge in [0.25, 0.3) is 0 Å². The molecule has 0 aromatic carbocycles. The highest BCUT2D eigenvalue weighted by atomic mass is 16.5. The number of amides is 2. The Morgan fingerprint density at radius 3 is 2.74 bits per heavy atom. The standard InChI is InChI=1S/C13H17N3O3/c17-12(14-11-5-6-19-15-11)8-16(7-9-1-2-9)13(18)10-3-4-10/h5-6,9-10H,1-4,7-8H2,(H,14,15,17). The van der Waals surface area contributed by atoms with Gasteiger partial charge in [-0.2, -0.15) is 0 Å². The van der Waals surface area contributed by atoms with E-state index in [1.807, 2.05) is 0 Å². The lowest BCUT2D eigenvalue weighted by molar-refractivity contribution is -0.136. The van der Waals surface area contributed by atoms with E-state index in [0.29, 0.717) is 18.3 Å². The fourth-order valence-corrected chi connectivity index (χ4v) is 2.07. The summed E-state index contributed by atoms with van der Waals surface area (Å²) in [7, 11) is 0. The summed E-state index contributed by atoms with van der Waals surface area (Å²) in [5, 5.41) is 6.24. The lowest BCUT2D eigenvalue weighted by atomic mass is 10.3. The number of aromatic nitrogens is 1. The van der Waals surface area contributed by atoms with Gasteiger partial charge in [0.1, 0.15) is 6.26 Å². The van der Waals surface area contributed by atoms with Crippen LogP contribution >= 0.6 is 0 Å². The number of nitrogens with one attached hydrogen (secondary N) is 1. The lowest BCUT2D eigenvalue weighted by Crippen LogP contribution is -2.40. The third-order valence-corrected chi connectivity index (χ3v) is 3.45. The van der Waals surface area contributed by atoms with Gasteiger partial charge in [-0.3, -0.25) is 9.59 Å². The molecule has 0 aliphatic heterocycles. The van der Waals surface area contributed by atoms with Crippen molar-refractivity contribution >= 4 is 17.6 Å². The van der Waals surface area contributed by atoms with Gasteiger partial charge in [0.2, 0.25) is 11.8 Å². The normalized spacial score (nSPS) is 18.1. The molecular formula is C13H17N3O3. The molecule has 2 saturated carbocycles. The van der Waals surface area contributed by atoms with Crippen molar-refractivity contribution in [1.82, 2.24) is 10.1 Å². The molecule has 2 fully saturated rings. The van der Waals surface area contributed by atoms with Gasteiger partial charge >= 0.3 is 0 Å². The molecular weight excluding hydrogens is 246 g/mol. The minimum Gasteiger partial charge on any atom is -0.363 e. The van der Waals surface area contributed by atoms with Gasteiger partial charge < -0.3 is 14.7 Å². The molecule has 0 radical (unpaired) electrons. The molecule has 6 nitrogen and oxygen atoms in total. The van der Waals surface area contributed by atoms with Gasteiger partial charge in [0.05, 0.1) is 6.54 Å². The Morgan fingerprint density at radius 2 is 2.16 bits per heavy atom. The number of carbonyl (C=O) groups is 2. The monoisotopic (exact) mass is 263 g/mol. The summed E-state index contributed by atoms with van der Waals surface area (Å²) < 4.78 is 4.65. The van der Waals surface area contributed by atoms with E-state index >= 15 is 0 Å². The van der Waals surface area contributed by atoms with Crippen molar-refractivity contribution in [2.24, 2.45) is 11.8 Å². The molecule has 0 atom stereocenters. The van der Waals surface area contributed by atoms with Gasteiger partial charge in [-0.1, -0.05) is 5.16 Å². The van der Waals surface area contributed by atoms with E-state index in [9.17, 15) is 9.59 Å². The summed E-state index contributed by atoms with van der Waals surface area (Å²) in [5.74, 6) is 1.03. The topological polar surface area (TPSA) is 75.4 Å². The summed E-state index contributed by atoms with van der Waals surface area (Å²) in [6.45, 7) is 0.820. The van der Waals surface area contributed by atoms with Crippen LogP contribution in [-0.4, -0.2) is 35.0 Å². The van der Waals surface area contributed by atoms with E-state index in [4.69, 9.17) is 0 Å². The first-order valence-corrected chi connectivity index (χ1v) is 6.71. The highest BCUT2D eigenvalue weighted by Crippen LogP contribution is 2.34. The van der Waals surface area contributed by atoms with Gasteiger partial charge in [-0.05, 0) is 31.6 Å². The molecule has 1 aromatic heterocycles. The fourth-order valence-electron chi connectivity index (χ4n) is 2.07. The Balaban J connectivity index is 1.56. The highest BCUT2D eigenvalue weighted by molar-refractivity contribution is 5.94. The smallest absolute Gasteiger partial charge is 0.245 e. The largest absolute Gasteiger partial charge is 0.363 e. The molecule has 1 N–H and O–H groups in total. The van der Waals surface area contributed by atoms with Crippen LogP contribution in [0.25, 0.3) is 0 Å². The number of anilines is 1. The molecule has 6 heteroatoms. The number of nitrogens with zero attached hydrogens (tertiary/aromatic N) is 2. The number of hydrogen-bond donors (Lipinski definition) is 1. The Labute approximate surface area is 111 Å². The summed E-state index contributed by atoms with van der Waals surface area (Å²) in [6, 6.07) is 1.58. The fraction of sp³-hybridized carbons (Fsp3) is 0.615. The van der Waals surface area contributed by atoms with E-state index in [1.165, 1.54) is 19.1 Å². The van der Waals surface area contributed by atoms with E-state index < -0.39 is 0 Å². The molecule has 1 heterocycles. The lowest BCUT2D eigenvalue weighted by Gasteiger charge is -2.21. The molecule has 0 spiro atoms. The Hall–Kier alpha value is -1.85. The van der Waals surface area contributed by atoms with Crippen LogP contribution < -0.4 is 5.32 Å². The first kappa shape index (κ1) is 12.2. The highest BCUT2D eigenvalue weighted by Gasteiger charge is 2.36. The second-order valence-corrected chi connectivity index (χ2v) is 5.37. The number of carbonyl (C=O) groups excluding carboxylic acids is 2. The summed E-state index contributed by atoms with van der Waals surface area (Å²) >= 11 is 0. The zero-order chi connectivity index (χ0) is 13.2. The number of hydrogen-bond acceptors (Lipinski definition) is 4. The van der Waals surface area contributed by atoms with Crippen molar-refractivity contribution in [3.8, 4) is 0 Å². The molecule has 0 bridgehead atoms. The van der Waals surface area contributed by atoms with Crippen LogP contribution in [0.2, 0.25) is 0 Å². The first-order chi connectivity index (χ1) is 9.22. The van der Waals surface area contributed by atoms with Gasteiger partial charge in [-0.15, -0.1) is 0 Å². The maximum Gasteiger partial charge on any atom is 0.245 e. The minimum absolute atomic E-state index is 0.110. The van der Waals surface area contributed by atoms with Crippen molar-refractivity contribution in [3.05, 3.63) is 12.3 Å². The van der Waals surface area contributed by atoms with Crippen molar-refractivity contribution in [3.63, 3.8) is 0 Å². The van der Waals surface area contributed by atoms with Crippen LogP contribution in [0.4, 0.5) is 5.82 Å². The van der Waals surface area contributed by atoms with E-state index in [2.05, 4.69) is 15.0 Å². The van der Waals surface area contributed by atoms with Gasteiger partial charge in [0.15, 0.2) is 5.82 Å². The third kappa shape index (κ3) is 3.33. The van der Waals surface area contributed by atoms with E-state index in [1.54, 1.807) is 11.0 Å². The maximum atomic E-state index is 12.1. The maximum absolute atomic E-state index is 12.1. The van der Waals surface area contributed by atoms with Crippen LogP contribution in [0.5, 0.6) is 0 Å². The van der Waals surface area contributed by atoms with Crippen LogP contribution in [0, 0.1) is 11.8 Å². The Kier molecular flexibility index (Phi) is 3.23. The molecule has 2 amide bonds. The molecule has 0 saturated heterocycles. The SMILES string of the molecule is O=C(CN(CC1CC1)C(=O)C1CC1)Nc1ccon1. The van der Waals surface area contributed by atoms with Crippen LogP contribution in [0.3, 0.4) is 0 Å². The van der Waals surface area contributed by atoms with Gasteiger partial charge in [-0.25, -0.2) is 0 Å². The average Bonchev–Trinajstić information content (AvgIpc) is 3.29. The molecule has 2 aliphatic carbocycles. The summed E-state index contributed by atoms with van der Waals surface area (Å²) in [6.07, 6.45) is 5.65. The molecule has 1 aromatic rings. The predicted molar refractivity (Wildman–Crippen MR) is 67.2 cm³/mol. The Bertz CT molecular complexity index is 463. The van der Waals surface area contributed by atoms with Crippen LogP contribution in [-0.2, 0) is 9.59 Å². The zero-order valence-electron chi connectivity index (χ0n) is 10.7. The van der Waals surface area contributed by atoms with Gasteiger partial charge in [0, 0.05) is 18.5 Å². The quantitative estimate of drug-likeness (QED) is 0.838. The summed E-state index contributed by atoms with van der Waals surface area (Å²) in [5.41, 5.74) is 0. The second kappa shape index (κ2) is 5.03. The van der Waals surface area contributed by atoms with Crippen molar-refractivity contribution in [2.75, 3.05) is 18.4 Å². The average molecular weight is 263 g/mol. The molecule has 0 unspecified atom stereocenters. The van der Waals surface area contributed by atoms with Crippen LogP contribution in [0.15, 0.2) is 16.9 Å². The molecule has 3 rings (SSSR count). The Morgan fingerprint density at radius 1 is 1.37 bits per heavy atom. The van der Waals surface area contributed by atoms with Crippen molar-refractivity contribution in [1.29, 1.82) is 0 Å².